The highest BCUT2D eigenvalue weighted by molar-refractivity contribution is 5.89. The van der Waals surface area contributed by atoms with E-state index in [2.05, 4.69) is 0 Å². The highest BCUT2D eigenvalue weighted by Crippen LogP contribution is 2.37. The Morgan fingerprint density at radius 2 is 1.89 bits per heavy atom. The Labute approximate surface area is 162 Å². The second-order valence-corrected chi connectivity index (χ2v) is 7.00. The normalized spacial score (nSPS) is 13.9. The lowest BCUT2D eigenvalue weighted by atomic mass is 10.0. The van der Waals surface area contributed by atoms with Crippen LogP contribution in [0.4, 0.5) is 0 Å². The van der Waals surface area contributed by atoms with Gasteiger partial charge in [0, 0.05) is 11.1 Å². The number of carbonyl (C=O) groups is 1. The monoisotopic (exact) mass is 378 g/mol. The van der Waals surface area contributed by atoms with E-state index in [1.165, 1.54) is 0 Å². The fraction of sp³-hybridized carbons (Fsp3) is 0.304. The zero-order chi connectivity index (χ0) is 19.7. The van der Waals surface area contributed by atoms with E-state index in [0.29, 0.717) is 28.9 Å². The van der Waals surface area contributed by atoms with Crippen LogP contribution in [-0.4, -0.2) is 12.6 Å². The van der Waals surface area contributed by atoms with Crippen LogP contribution in [0.5, 0.6) is 5.75 Å². The Kier molecular flexibility index (Phi) is 4.90. The molecule has 1 aliphatic rings. The quantitative estimate of drug-likeness (QED) is 0.490. The number of hydrogen-bond acceptors (Lipinski definition) is 5. The Morgan fingerprint density at radius 3 is 2.64 bits per heavy atom. The first kappa shape index (κ1) is 18.3. The Balaban J connectivity index is 1.86. The maximum Gasteiger partial charge on any atom is 0.352 e. The lowest BCUT2D eigenvalue weighted by Crippen LogP contribution is -2.22. The third-order valence-electron chi connectivity index (χ3n) is 5.03. The number of fused-ring (bicyclic) bond motifs is 3. The third kappa shape index (κ3) is 3.28. The molecule has 0 N–H and O–H groups in total. The fourth-order valence-electron chi connectivity index (χ4n) is 3.82. The van der Waals surface area contributed by atoms with Crippen molar-refractivity contribution in [2.45, 2.75) is 39.2 Å². The lowest BCUT2D eigenvalue weighted by Gasteiger charge is -2.20. The van der Waals surface area contributed by atoms with Crippen molar-refractivity contribution in [1.29, 1.82) is 0 Å². The van der Waals surface area contributed by atoms with Gasteiger partial charge in [0.15, 0.2) is 0 Å². The minimum absolute atomic E-state index is 0.268. The van der Waals surface area contributed by atoms with Crippen LogP contribution >= 0.6 is 0 Å². The maximum atomic E-state index is 12.6. The van der Waals surface area contributed by atoms with Gasteiger partial charge in [0.05, 0.1) is 12.0 Å². The number of benzene rings is 2. The van der Waals surface area contributed by atoms with Crippen LogP contribution in [0.2, 0.25) is 0 Å². The molecular weight excluding hydrogens is 356 g/mol. The number of rotatable bonds is 5. The number of esters is 1. The molecule has 1 aliphatic carbocycles. The molecule has 5 nitrogen and oxygen atoms in total. The summed E-state index contributed by atoms with van der Waals surface area (Å²) in [6, 6.07) is 13.0. The van der Waals surface area contributed by atoms with Crippen LogP contribution in [0.1, 0.15) is 41.7 Å². The maximum absolute atomic E-state index is 12.6. The molecule has 0 unspecified atom stereocenters. The first-order valence-electron chi connectivity index (χ1n) is 9.56. The van der Waals surface area contributed by atoms with Crippen molar-refractivity contribution in [1.82, 2.24) is 0 Å². The average molecular weight is 378 g/mol. The topological polar surface area (TPSA) is 65.7 Å². The molecule has 0 saturated carbocycles. The molecule has 1 aromatic heterocycles. The summed E-state index contributed by atoms with van der Waals surface area (Å²) >= 11 is 0. The van der Waals surface area contributed by atoms with Crippen molar-refractivity contribution < 1.29 is 18.7 Å². The molecule has 5 heteroatoms. The molecule has 144 valence electrons. The summed E-state index contributed by atoms with van der Waals surface area (Å²) in [6.45, 7) is 3.94. The van der Waals surface area contributed by atoms with Gasteiger partial charge in [-0.05, 0) is 56.4 Å². The molecule has 1 heterocycles. The minimum Gasteiger partial charge on any atom is -0.473 e. The van der Waals surface area contributed by atoms with Gasteiger partial charge in [-0.3, -0.25) is 0 Å². The van der Waals surface area contributed by atoms with E-state index in [4.69, 9.17) is 13.9 Å². The number of hydrogen-bond donors (Lipinski definition) is 0. The fourth-order valence-corrected chi connectivity index (χ4v) is 3.82. The number of carbonyl (C=O) groups excluding carboxylic acids is 1. The lowest BCUT2D eigenvalue weighted by molar-refractivity contribution is -0.151. The van der Waals surface area contributed by atoms with Crippen LogP contribution in [0.25, 0.3) is 11.0 Å². The van der Waals surface area contributed by atoms with Gasteiger partial charge in [0.1, 0.15) is 11.3 Å². The van der Waals surface area contributed by atoms with Crippen LogP contribution in [-0.2, 0) is 22.4 Å². The predicted molar refractivity (Wildman–Crippen MR) is 106 cm³/mol. The molecule has 0 fully saturated rings. The molecule has 2 aromatic carbocycles. The van der Waals surface area contributed by atoms with Gasteiger partial charge in [-0.15, -0.1) is 0 Å². The summed E-state index contributed by atoms with van der Waals surface area (Å²) in [5.41, 5.74) is 3.51. The molecule has 0 aliphatic heterocycles. The molecule has 0 amide bonds. The summed E-state index contributed by atoms with van der Waals surface area (Å²) in [6.07, 6.45) is 1.52. The van der Waals surface area contributed by atoms with Crippen molar-refractivity contribution in [3.63, 3.8) is 0 Å². The van der Waals surface area contributed by atoms with Gasteiger partial charge in [0.25, 0.3) is 0 Å². The van der Waals surface area contributed by atoms with E-state index in [-0.39, 0.29) is 12.2 Å². The van der Waals surface area contributed by atoms with Crippen molar-refractivity contribution in [2.75, 3.05) is 6.61 Å². The third-order valence-corrected chi connectivity index (χ3v) is 5.03. The Morgan fingerprint density at radius 1 is 1.14 bits per heavy atom. The summed E-state index contributed by atoms with van der Waals surface area (Å²) < 4.78 is 17.1. The van der Waals surface area contributed by atoms with Crippen molar-refractivity contribution >= 4 is 16.9 Å². The van der Waals surface area contributed by atoms with Gasteiger partial charge < -0.3 is 13.9 Å². The highest BCUT2D eigenvalue weighted by Gasteiger charge is 2.28. The number of ether oxygens (including phenoxy) is 2. The zero-order valence-electron chi connectivity index (χ0n) is 16.0. The van der Waals surface area contributed by atoms with Crippen LogP contribution in [0.15, 0.2) is 51.7 Å². The second-order valence-electron chi connectivity index (χ2n) is 7.00. The first-order chi connectivity index (χ1) is 13.6. The van der Waals surface area contributed by atoms with Crippen LogP contribution in [0.3, 0.4) is 0 Å². The van der Waals surface area contributed by atoms with Crippen LogP contribution in [0, 0.1) is 6.92 Å². The molecule has 0 bridgehead atoms. The SMILES string of the molecule is CCOC(=O)[C@@H](Oc1cc(C)cc2oc(=O)c3c(c12)CCC3)c1ccccc1. The van der Waals surface area contributed by atoms with E-state index < -0.39 is 12.1 Å². The smallest absolute Gasteiger partial charge is 0.352 e. The Bertz CT molecular complexity index is 1080. The molecule has 3 aromatic rings. The molecular formula is C23H22O5. The van der Waals surface area contributed by atoms with E-state index in [9.17, 15) is 9.59 Å². The Hall–Kier alpha value is -3.08. The summed E-state index contributed by atoms with van der Waals surface area (Å²) in [7, 11) is 0. The zero-order valence-corrected chi connectivity index (χ0v) is 16.0. The molecule has 0 spiro atoms. The van der Waals surface area contributed by atoms with Gasteiger partial charge in [-0.25, -0.2) is 9.59 Å². The largest absolute Gasteiger partial charge is 0.473 e. The highest BCUT2D eigenvalue weighted by atomic mass is 16.6. The minimum atomic E-state index is -0.893. The predicted octanol–water partition coefficient (Wildman–Crippen LogP) is 4.27. The van der Waals surface area contributed by atoms with Crippen molar-refractivity contribution in [3.8, 4) is 5.75 Å². The molecule has 4 rings (SSSR count). The van der Waals surface area contributed by atoms with Crippen LogP contribution < -0.4 is 10.4 Å². The standard InChI is InChI=1S/C23H22O5/c1-3-26-23(25)21(15-8-5-4-6-9-15)27-18-12-14(2)13-19-20(18)16-10-7-11-17(16)22(24)28-19/h4-6,8-9,12-13,21H,3,7,10-11H2,1-2H3/t21-/m0/s1. The molecule has 0 radical (unpaired) electrons. The summed E-state index contributed by atoms with van der Waals surface area (Å²) in [4.78, 5) is 24.9. The van der Waals surface area contributed by atoms with E-state index >= 15 is 0 Å². The number of aryl methyl sites for hydroxylation is 2. The summed E-state index contributed by atoms with van der Waals surface area (Å²) in [5, 5.41) is 0.780. The van der Waals surface area contributed by atoms with E-state index in [0.717, 1.165) is 29.4 Å². The van der Waals surface area contributed by atoms with Gasteiger partial charge in [-0.2, -0.15) is 0 Å². The average Bonchev–Trinajstić information content (AvgIpc) is 3.17. The first-order valence-corrected chi connectivity index (χ1v) is 9.56. The molecule has 28 heavy (non-hydrogen) atoms. The second kappa shape index (κ2) is 7.50. The summed E-state index contributed by atoms with van der Waals surface area (Å²) in [5.74, 6) is 0.0937. The van der Waals surface area contributed by atoms with Gasteiger partial charge in [-0.1, -0.05) is 30.3 Å². The van der Waals surface area contributed by atoms with E-state index in [1.54, 1.807) is 6.92 Å². The van der Waals surface area contributed by atoms with E-state index in [1.807, 2.05) is 49.4 Å². The van der Waals surface area contributed by atoms with Gasteiger partial charge in [0.2, 0.25) is 6.10 Å². The van der Waals surface area contributed by atoms with Crippen molar-refractivity contribution in [2.24, 2.45) is 0 Å². The van der Waals surface area contributed by atoms with Crippen molar-refractivity contribution in [3.05, 3.63) is 75.1 Å². The molecule has 0 saturated heterocycles. The molecule has 1 atom stereocenters. The van der Waals surface area contributed by atoms with Gasteiger partial charge >= 0.3 is 11.6 Å².